The van der Waals surface area contributed by atoms with Gasteiger partial charge in [0.25, 0.3) is 0 Å². The number of hydrogen-bond acceptors (Lipinski definition) is 4. The lowest BCUT2D eigenvalue weighted by molar-refractivity contribution is 0.131. The molecule has 1 aromatic rings. The average Bonchev–Trinajstić information content (AvgIpc) is 3.35. The van der Waals surface area contributed by atoms with Gasteiger partial charge in [0, 0.05) is 44.3 Å². The van der Waals surface area contributed by atoms with E-state index in [1.807, 2.05) is 0 Å². The number of nitrogens with one attached hydrogen (secondary N) is 2. The smallest absolute Gasteiger partial charge is 0.191 e. The van der Waals surface area contributed by atoms with Crippen molar-refractivity contribution in [2.24, 2.45) is 10.4 Å². The maximum Gasteiger partial charge on any atom is 0.191 e. The molecule has 3 rings (SSSR count). The van der Waals surface area contributed by atoms with Gasteiger partial charge in [0.2, 0.25) is 0 Å². The molecular weight excluding hydrogens is 352 g/mol. The third-order valence-electron chi connectivity index (χ3n) is 5.98. The van der Waals surface area contributed by atoms with Gasteiger partial charge in [0.15, 0.2) is 5.96 Å². The zero-order valence-corrected chi connectivity index (χ0v) is 17.2. The standard InChI is InChI=1S/C22H36N4O2/c1-2-23-21(25-17-22(10-13-27)11-14-28-18-22)24-15-20-9-6-12-26(20)16-19-7-4-3-5-8-19/h3-5,7-8,20,27H,2,6,9-18H2,1H3,(H2,23,24,25). The highest BCUT2D eigenvalue weighted by atomic mass is 16.5. The third-order valence-corrected chi connectivity index (χ3v) is 5.98. The largest absolute Gasteiger partial charge is 0.396 e. The molecule has 0 aliphatic carbocycles. The second-order valence-corrected chi connectivity index (χ2v) is 8.10. The first kappa shape index (κ1) is 21.1. The highest BCUT2D eigenvalue weighted by molar-refractivity contribution is 5.79. The van der Waals surface area contributed by atoms with E-state index in [-0.39, 0.29) is 12.0 Å². The first-order valence-corrected chi connectivity index (χ1v) is 10.7. The van der Waals surface area contributed by atoms with Crippen LogP contribution in [-0.4, -0.2) is 68.0 Å². The van der Waals surface area contributed by atoms with Crippen LogP contribution in [0.25, 0.3) is 0 Å². The second-order valence-electron chi connectivity index (χ2n) is 8.10. The normalized spacial score (nSPS) is 25.9. The summed E-state index contributed by atoms with van der Waals surface area (Å²) >= 11 is 0. The SMILES string of the molecule is CCNC(=NCC1(CCO)CCOC1)NCC1CCCN1Cc1ccccc1. The number of nitrogens with zero attached hydrogens (tertiary/aromatic N) is 2. The highest BCUT2D eigenvalue weighted by Gasteiger charge is 2.34. The molecule has 3 N–H and O–H groups in total. The second kappa shape index (κ2) is 10.8. The van der Waals surface area contributed by atoms with Gasteiger partial charge in [-0.2, -0.15) is 0 Å². The van der Waals surface area contributed by atoms with Gasteiger partial charge in [-0.1, -0.05) is 30.3 Å². The van der Waals surface area contributed by atoms with Gasteiger partial charge < -0.3 is 20.5 Å². The van der Waals surface area contributed by atoms with Gasteiger partial charge in [-0.3, -0.25) is 9.89 Å². The summed E-state index contributed by atoms with van der Waals surface area (Å²) in [5.41, 5.74) is 1.37. The Kier molecular flexibility index (Phi) is 8.13. The molecule has 2 heterocycles. The molecule has 2 saturated heterocycles. The predicted molar refractivity (Wildman–Crippen MR) is 113 cm³/mol. The Balaban J connectivity index is 1.54. The van der Waals surface area contributed by atoms with Gasteiger partial charge >= 0.3 is 0 Å². The molecule has 2 fully saturated rings. The van der Waals surface area contributed by atoms with E-state index < -0.39 is 0 Å². The molecule has 0 bridgehead atoms. The van der Waals surface area contributed by atoms with Crippen molar-refractivity contribution in [2.45, 2.75) is 45.2 Å². The molecule has 6 nitrogen and oxygen atoms in total. The molecule has 0 aromatic heterocycles. The summed E-state index contributed by atoms with van der Waals surface area (Å²) in [5.74, 6) is 0.873. The number of likely N-dealkylation sites (tertiary alicyclic amines) is 1. The quantitative estimate of drug-likeness (QED) is 0.446. The van der Waals surface area contributed by atoms with Crippen LogP contribution in [0.5, 0.6) is 0 Å². The Labute approximate surface area is 169 Å². The van der Waals surface area contributed by atoms with Gasteiger partial charge in [-0.15, -0.1) is 0 Å². The lowest BCUT2D eigenvalue weighted by atomic mass is 9.84. The molecule has 0 saturated carbocycles. The Morgan fingerprint density at radius 3 is 2.89 bits per heavy atom. The Hall–Kier alpha value is -1.63. The van der Waals surface area contributed by atoms with Crippen molar-refractivity contribution in [2.75, 3.05) is 46.0 Å². The van der Waals surface area contributed by atoms with Crippen LogP contribution in [0.2, 0.25) is 0 Å². The van der Waals surface area contributed by atoms with E-state index >= 15 is 0 Å². The Morgan fingerprint density at radius 2 is 2.18 bits per heavy atom. The number of hydrogen-bond donors (Lipinski definition) is 3. The summed E-state index contributed by atoms with van der Waals surface area (Å²) in [4.78, 5) is 7.41. The number of aliphatic imine (C=N–C) groups is 1. The van der Waals surface area contributed by atoms with E-state index in [0.717, 1.165) is 51.6 Å². The van der Waals surface area contributed by atoms with Crippen LogP contribution >= 0.6 is 0 Å². The molecule has 28 heavy (non-hydrogen) atoms. The van der Waals surface area contributed by atoms with Crippen molar-refractivity contribution in [3.05, 3.63) is 35.9 Å². The number of aliphatic hydroxyl groups is 1. The fourth-order valence-corrected chi connectivity index (χ4v) is 4.24. The minimum Gasteiger partial charge on any atom is -0.396 e. The van der Waals surface area contributed by atoms with E-state index in [9.17, 15) is 5.11 Å². The first-order valence-electron chi connectivity index (χ1n) is 10.7. The van der Waals surface area contributed by atoms with Crippen molar-refractivity contribution >= 4 is 5.96 Å². The molecule has 0 spiro atoms. The van der Waals surface area contributed by atoms with Crippen LogP contribution in [0, 0.1) is 5.41 Å². The topological polar surface area (TPSA) is 69.1 Å². The average molecular weight is 389 g/mol. The maximum absolute atomic E-state index is 9.42. The predicted octanol–water partition coefficient (Wildman–Crippen LogP) is 2.00. The van der Waals surface area contributed by atoms with E-state index in [2.05, 4.69) is 52.8 Å². The number of aliphatic hydroxyl groups excluding tert-OH is 1. The monoisotopic (exact) mass is 388 g/mol. The molecule has 156 valence electrons. The summed E-state index contributed by atoms with van der Waals surface area (Å²) in [6.07, 6.45) is 4.21. The van der Waals surface area contributed by atoms with Gasteiger partial charge in [0.05, 0.1) is 13.2 Å². The number of guanidine groups is 1. The molecule has 2 aliphatic heterocycles. The molecule has 6 heteroatoms. The van der Waals surface area contributed by atoms with E-state index in [1.165, 1.54) is 18.4 Å². The molecule has 2 unspecified atom stereocenters. The summed E-state index contributed by atoms with van der Waals surface area (Å²) in [7, 11) is 0. The van der Waals surface area contributed by atoms with Crippen molar-refractivity contribution in [3.63, 3.8) is 0 Å². The maximum atomic E-state index is 9.42. The van der Waals surface area contributed by atoms with Gasteiger partial charge in [-0.25, -0.2) is 0 Å². The van der Waals surface area contributed by atoms with Crippen LogP contribution in [-0.2, 0) is 11.3 Å². The summed E-state index contributed by atoms with van der Waals surface area (Å²) in [6, 6.07) is 11.2. The van der Waals surface area contributed by atoms with Crippen LogP contribution in [0.1, 0.15) is 38.2 Å². The summed E-state index contributed by atoms with van der Waals surface area (Å²) in [5, 5.41) is 16.3. The van der Waals surface area contributed by atoms with Crippen molar-refractivity contribution < 1.29 is 9.84 Å². The van der Waals surface area contributed by atoms with Gasteiger partial charge in [-0.05, 0) is 44.7 Å². The third kappa shape index (κ3) is 5.93. The number of benzene rings is 1. The molecular formula is C22H36N4O2. The first-order chi connectivity index (χ1) is 13.7. The number of ether oxygens (including phenoxy) is 1. The zero-order chi connectivity index (χ0) is 19.7. The fourth-order valence-electron chi connectivity index (χ4n) is 4.24. The summed E-state index contributed by atoms with van der Waals surface area (Å²) < 4.78 is 5.59. The highest BCUT2D eigenvalue weighted by Crippen LogP contribution is 2.32. The Morgan fingerprint density at radius 1 is 1.32 bits per heavy atom. The summed E-state index contributed by atoms with van der Waals surface area (Å²) in [6.45, 7) is 8.37. The zero-order valence-electron chi connectivity index (χ0n) is 17.2. The van der Waals surface area contributed by atoms with Crippen molar-refractivity contribution in [1.29, 1.82) is 0 Å². The lowest BCUT2D eigenvalue weighted by Gasteiger charge is -2.27. The molecule has 2 atom stereocenters. The van der Waals surface area contributed by atoms with Crippen LogP contribution < -0.4 is 10.6 Å². The van der Waals surface area contributed by atoms with Crippen LogP contribution in [0.3, 0.4) is 0 Å². The van der Waals surface area contributed by atoms with Gasteiger partial charge in [0.1, 0.15) is 0 Å². The molecule has 0 amide bonds. The van der Waals surface area contributed by atoms with Crippen LogP contribution in [0.4, 0.5) is 0 Å². The minimum atomic E-state index is -0.0101. The van der Waals surface area contributed by atoms with E-state index in [4.69, 9.17) is 9.73 Å². The Bertz CT molecular complexity index is 602. The number of rotatable bonds is 9. The van der Waals surface area contributed by atoms with Crippen molar-refractivity contribution in [3.8, 4) is 0 Å². The van der Waals surface area contributed by atoms with E-state index in [1.54, 1.807) is 0 Å². The fraction of sp³-hybridized carbons (Fsp3) is 0.682. The lowest BCUT2D eigenvalue weighted by Crippen LogP contribution is -2.45. The molecule has 0 radical (unpaired) electrons. The van der Waals surface area contributed by atoms with Crippen molar-refractivity contribution in [1.82, 2.24) is 15.5 Å². The molecule has 2 aliphatic rings. The van der Waals surface area contributed by atoms with E-state index in [0.29, 0.717) is 19.2 Å². The van der Waals surface area contributed by atoms with Crippen LogP contribution in [0.15, 0.2) is 35.3 Å². The minimum absolute atomic E-state index is 0.0101. The molecule has 1 aromatic carbocycles.